The van der Waals surface area contributed by atoms with Crippen LogP contribution in [-0.4, -0.2) is 29.3 Å². The molecule has 0 bridgehead atoms. The normalized spacial score (nSPS) is 11.2. The van der Waals surface area contributed by atoms with Crippen molar-refractivity contribution in [1.29, 1.82) is 0 Å². The topological polar surface area (TPSA) is 59.0 Å². The van der Waals surface area contributed by atoms with Crippen LogP contribution in [0.25, 0.3) is 0 Å². The van der Waals surface area contributed by atoms with Gasteiger partial charge in [-0.05, 0) is 5.41 Å². The van der Waals surface area contributed by atoms with E-state index < -0.39 is 0 Å². The molecule has 5 heteroatoms. The average molecular weight is 224 g/mol. The van der Waals surface area contributed by atoms with Gasteiger partial charge in [0.15, 0.2) is 0 Å². The first-order chi connectivity index (χ1) is 7.40. The van der Waals surface area contributed by atoms with E-state index in [0.717, 1.165) is 12.2 Å². The number of carbonyl (C=O) groups excluding carboxylic acids is 1. The van der Waals surface area contributed by atoms with Crippen LogP contribution in [0.15, 0.2) is 12.4 Å². The summed E-state index contributed by atoms with van der Waals surface area (Å²) in [5, 5.41) is 9.94. The number of carbonyl (C=O) groups is 1. The van der Waals surface area contributed by atoms with Gasteiger partial charge in [0.25, 0.3) is 0 Å². The SMILES string of the molecule is CNC(=O)Cn1cc(NCC(C)(C)C)cn1. The second-order valence-electron chi connectivity index (χ2n) is 5.01. The monoisotopic (exact) mass is 224 g/mol. The largest absolute Gasteiger partial charge is 0.382 e. The quantitative estimate of drug-likeness (QED) is 0.804. The summed E-state index contributed by atoms with van der Waals surface area (Å²) < 4.78 is 1.61. The molecule has 1 aromatic heterocycles. The molecule has 90 valence electrons. The van der Waals surface area contributed by atoms with E-state index in [2.05, 4.69) is 36.5 Å². The molecule has 0 saturated carbocycles. The number of likely N-dealkylation sites (N-methyl/N-ethyl adjacent to an activating group) is 1. The lowest BCUT2D eigenvalue weighted by Crippen LogP contribution is -2.23. The molecule has 0 saturated heterocycles. The highest BCUT2D eigenvalue weighted by Gasteiger charge is 2.10. The van der Waals surface area contributed by atoms with Gasteiger partial charge in [-0.1, -0.05) is 20.8 Å². The van der Waals surface area contributed by atoms with Crippen LogP contribution in [0.1, 0.15) is 20.8 Å². The Balaban J connectivity index is 2.48. The molecule has 0 atom stereocenters. The predicted octanol–water partition coefficient (Wildman–Crippen LogP) is 1.09. The predicted molar refractivity (Wildman–Crippen MR) is 64.2 cm³/mol. The van der Waals surface area contributed by atoms with Crippen molar-refractivity contribution in [2.75, 3.05) is 18.9 Å². The molecule has 1 heterocycles. The molecular formula is C11H20N4O. The smallest absolute Gasteiger partial charge is 0.241 e. The van der Waals surface area contributed by atoms with E-state index in [1.165, 1.54) is 0 Å². The van der Waals surface area contributed by atoms with Gasteiger partial charge in [0, 0.05) is 19.8 Å². The van der Waals surface area contributed by atoms with Gasteiger partial charge >= 0.3 is 0 Å². The zero-order valence-electron chi connectivity index (χ0n) is 10.4. The molecule has 16 heavy (non-hydrogen) atoms. The minimum Gasteiger partial charge on any atom is -0.382 e. The Hall–Kier alpha value is -1.52. The van der Waals surface area contributed by atoms with Crippen LogP contribution >= 0.6 is 0 Å². The van der Waals surface area contributed by atoms with Crippen LogP contribution in [-0.2, 0) is 11.3 Å². The first-order valence-electron chi connectivity index (χ1n) is 5.37. The Bertz CT molecular complexity index is 351. The van der Waals surface area contributed by atoms with E-state index in [1.807, 2.05) is 6.20 Å². The van der Waals surface area contributed by atoms with Gasteiger partial charge < -0.3 is 10.6 Å². The van der Waals surface area contributed by atoms with Crippen molar-refractivity contribution in [3.05, 3.63) is 12.4 Å². The summed E-state index contributed by atoms with van der Waals surface area (Å²) in [6, 6.07) is 0. The standard InChI is InChI=1S/C11H20N4O/c1-11(2,3)8-13-9-5-14-15(6-9)7-10(16)12-4/h5-6,13H,7-8H2,1-4H3,(H,12,16). The van der Waals surface area contributed by atoms with Crippen molar-refractivity contribution in [2.45, 2.75) is 27.3 Å². The van der Waals surface area contributed by atoms with Gasteiger partial charge in [-0.15, -0.1) is 0 Å². The molecule has 5 nitrogen and oxygen atoms in total. The van der Waals surface area contributed by atoms with Crippen LogP contribution in [0.2, 0.25) is 0 Å². The Morgan fingerprint density at radius 2 is 2.19 bits per heavy atom. The number of anilines is 1. The zero-order valence-corrected chi connectivity index (χ0v) is 10.4. The Kier molecular flexibility index (Phi) is 3.93. The molecule has 0 fully saturated rings. The van der Waals surface area contributed by atoms with Crippen molar-refractivity contribution in [1.82, 2.24) is 15.1 Å². The third-order valence-electron chi connectivity index (χ3n) is 2.04. The van der Waals surface area contributed by atoms with Crippen molar-refractivity contribution >= 4 is 11.6 Å². The highest BCUT2D eigenvalue weighted by Crippen LogP contribution is 2.14. The number of aromatic nitrogens is 2. The number of hydrogen-bond acceptors (Lipinski definition) is 3. The van der Waals surface area contributed by atoms with Crippen molar-refractivity contribution in [3.63, 3.8) is 0 Å². The molecule has 2 N–H and O–H groups in total. The number of nitrogens with zero attached hydrogens (tertiary/aromatic N) is 2. The van der Waals surface area contributed by atoms with E-state index >= 15 is 0 Å². The number of nitrogens with one attached hydrogen (secondary N) is 2. The van der Waals surface area contributed by atoms with Gasteiger partial charge in [0.2, 0.25) is 5.91 Å². The van der Waals surface area contributed by atoms with Gasteiger partial charge in [-0.3, -0.25) is 9.48 Å². The average Bonchev–Trinajstić information content (AvgIpc) is 2.61. The molecule has 0 aliphatic rings. The first kappa shape index (κ1) is 12.5. The van der Waals surface area contributed by atoms with Gasteiger partial charge in [-0.2, -0.15) is 5.10 Å². The van der Waals surface area contributed by atoms with E-state index in [-0.39, 0.29) is 17.9 Å². The number of hydrogen-bond donors (Lipinski definition) is 2. The summed E-state index contributed by atoms with van der Waals surface area (Å²) in [4.78, 5) is 11.1. The van der Waals surface area contributed by atoms with Crippen LogP contribution < -0.4 is 10.6 Å². The van der Waals surface area contributed by atoms with Crippen LogP contribution in [0.3, 0.4) is 0 Å². The summed E-state index contributed by atoms with van der Waals surface area (Å²) >= 11 is 0. The lowest BCUT2D eigenvalue weighted by molar-refractivity contribution is -0.121. The van der Waals surface area contributed by atoms with Crippen LogP contribution in [0.4, 0.5) is 5.69 Å². The van der Waals surface area contributed by atoms with Crippen molar-refractivity contribution in [3.8, 4) is 0 Å². The Labute approximate surface area is 96.2 Å². The van der Waals surface area contributed by atoms with Crippen molar-refractivity contribution < 1.29 is 4.79 Å². The molecule has 0 radical (unpaired) electrons. The molecule has 1 rings (SSSR count). The third kappa shape index (κ3) is 4.33. The minimum atomic E-state index is -0.0505. The van der Waals surface area contributed by atoms with E-state index in [4.69, 9.17) is 0 Å². The lowest BCUT2D eigenvalue weighted by Gasteiger charge is -2.18. The lowest BCUT2D eigenvalue weighted by atomic mass is 9.97. The van der Waals surface area contributed by atoms with E-state index in [9.17, 15) is 4.79 Å². The maximum absolute atomic E-state index is 11.1. The second kappa shape index (κ2) is 5.01. The molecule has 0 aromatic carbocycles. The fraction of sp³-hybridized carbons (Fsp3) is 0.636. The molecular weight excluding hydrogens is 204 g/mol. The molecule has 0 aliphatic heterocycles. The maximum atomic E-state index is 11.1. The molecule has 0 spiro atoms. The molecule has 0 aliphatic carbocycles. The fourth-order valence-corrected chi connectivity index (χ4v) is 1.13. The summed E-state index contributed by atoms with van der Waals surface area (Å²) in [6.07, 6.45) is 3.57. The summed E-state index contributed by atoms with van der Waals surface area (Å²) in [5.74, 6) is -0.0505. The molecule has 0 unspecified atom stereocenters. The maximum Gasteiger partial charge on any atom is 0.241 e. The van der Waals surface area contributed by atoms with Crippen molar-refractivity contribution in [2.24, 2.45) is 5.41 Å². The van der Waals surface area contributed by atoms with E-state index in [0.29, 0.717) is 0 Å². The number of amides is 1. The molecule has 1 aromatic rings. The van der Waals surface area contributed by atoms with Gasteiger partial charge in [0.1, 0.15) is 6.54 Å². The van der Waals surface area contributed by atoms with Crippen LogP contribution in [0.5, 0.6) is 0 Å². The Morgan fingerprint density at radius 3 is 2.75 bits per heavy atom. The third-order valence-corrected chi connectivity index (χ3v) is 2.04. The highest BCUT2D eigenvalue weighted by molar-refractivity contribution is 5.75. The fourth-order valence-electron chi connectivity index (χ4n) is 1.13. The first-order valence-corrected chi connectivity index (χ1v) is 5.37. The summed E-state index contributed by atoms with van der Waals surface area (Å²) in [5.41, 5.74) is 1.17. The number of rotatable bonds is 4. The van der Waals surface area contributed by atoms with Gasteiger partial charge in [0.05, 0.1) is 11.9 Å². The minimum absolute atomic E-state index is 0.0505. The van der Waals surface area contributed by atoms with Gasteiger partial charge in [-0.25, -0.2) is 0 Å². The van der Waals surface area contributed by atoms with E-state index in [1.54, 1.807) is 17.9 Å². The summed E-state index contributed by atoms with van der Waals surface area (Å²) in [7, 11) is 1.62. The highest BCUT2D eigenvalue weighted by atomic mass is 16.1. The Morgan fingerprint density at radius 1 is 1.50 bits per heavy atom. The zero-order chi connectivity index (χ0) is 12.2. The molecule has 1 amide bonds. The second-order valence-corrected chi connectivity index (χ2v) is 5.01. The summed E-state index contributed by atoms with van der Waals surface area (Å²) in [6.45, 7) is 7.62. The van der Waals surface area contributed by atoms with Crippen LogP contribution in [0, 0.1) is 5.41 Å².